The van der Waals surface area contributed by atoms with Crippen molar-refractivity contribution in [3.05, 3.63) is 72.4 Å². The molecule has 1 aromatic heterocycles. The maximum absolute atomic E-state index is 13.1. The van der Waals surface area contributed by atoms with Crippen LogP contribution in [0.5, 0.6) is 11.5 Å². The molecule has 2 aromatic carbocycles. The molecule has 5 nitrogen and oxygen atoms in total. The zero-order chi connectivity index (χ0) is 20.6. The monoisotopic (exact) mass is 421 g/mol. The largest absolute Gasteiger partial charge is 0.457 e. The van der Waals surface area contributed by atoms with E-state index in [9.17, 15) is 21.6 Å². The molecule has 9 heteroatoms. The van der Waals surface area contributed by atoms with Crippen LogP contribution >= 0.6 is 0 Å². The minimum absolute atomic E-state index is 0.000484. The van der Waals surface area contributed by atoms with Gasteiger partial charge in [-0.2, -0.15) is 26.3 Å². The van der Waals surface area contributed by atoms with E-state index >= 15 is 0 Å². The number of alkyl halides is 3. The molecule has 1 aliphatic rings. The molecule has 0 unspecified atom stereocenters. The molecule has 0 saturated heterocycles. The Balaban J connectivity index is 1.64. The van der Waals surface area contributed by atoms with Crippen LogP contribution in [-0.2, 0) is 22.7 Å². The maximum atomic E-state index is 13.1. The molecule has 1 aliphatic heterocycles. The molecule has 4 rings (SSSR count). The first-order chi connectivity index (χ1) is 13.7. The van der Waals surface area contributed by atoms with Gasteiger partial charge in [0.15, 0.2) is 0 Å². The molecular weight excluding hydrogens is 405 g/mol. The predicted octanol–water partition coefficient (Wildman–Crippen LogP) is 4.21. The van der Waals surface area contributed by atoms with Crippen molar-refractivity contribution in [3.8, 4) is 22.6 Å². The number of benzene rings is 2. The summed E-state index contributed by atoms with van der Waals surface area (Å²) in [5.41, 5.74) is 0.514. The van der Waals surface area contributed by atoms with E-state index in [-0.39, 0.29) is 17.3 Å². The summed E-state index contributed by atoms with van der Waals surface area (Å²) < 4.78 is 73.0. The number of sulfonamides is 1. The molecule has 3 aromatic rings. The van der Waals surface area contributed by atoms with Gasteiger partial charge in [0, 0.05) is 0 Å². The highest BCUT2D eigenvalue weighted by Gasteiger charge is 2.34. The van der Waals surface area contributed by atoms with Gasteiger partial charge in [-0.15, -0.1) is 0 Å². The Morgan fingerprint density at radius 2 is 1.69 bits per heavy atom. The van der Waals surface area contributed by atoms with Crippen molar-refractivity contribution < 1.29 is 30.9 Å². The summed E-state index contributed by atoms with van der Waals surface area (Å²) in [6.45, 7) is 0.341. The number of rotatable bonds is 3. The van der Waals surface area contributed by atoms with Crippen LogP contribution in [-0.4, -0.2) is 14.2 Å². The molecule has 0 amide bonds. The summed E-state index contributed by atoms with van der Waals surface area (Å²) >= 11 is 0. The van der Waals surface area contributed by atoms with Crippen LogP contribution in [0.3, 0.4) is 0 Å². The van der Waals surface area contributed by atoms with E-state index < -0.39 is 21.8 Å². The second-order valence-corrected chi connectivity index (χ2v) is 8.35. The molecule has 0 atom stereocenters. The first-order valence-electron chi connectivity index (χ1n) is 8.70. The van der Waals surface area contributed by atoms with Gasteiger partial charge >= 0.3 is 16.2 Å². The fraction of sp³-hybridized carbons (Fsp3) is 0.150. The van der Waals surface area contributed by atoms with Crippen LogP contribution in [0.2, 0.25) is 0 Å². The summed E-state index contributed by atoms with van der Waals surface area (Å²) in [5.74, 6) is 0.408. The van der Waals surface area contributed by atoms with E-state index in [0.717, 1.165) is 6.07 Å². The summed E-state index contributed by atoms with van der Waals surface area (Å²) in [4.78, 5) is 0. The zero-order valence-electron chi connectivity index (χ0n) is 15.0. The van der Waals surface area contributed by atoms with Crippen molar-refractivity contribution in [2.45, 2.75) is 12.7 Å². The number of halogens is 3. The van der Waals surface area contributed by atoms with E-state index in [1.807, 2.05) is 6.07 Å². The third-order valence-electron chi connectivity index (χ3n) is 4.51. The number of aryl methyl sites for hydroxylation is 1. The summed E-state index contributed by atoms with van der Waals surface area (Å²) in [6.07, 6.45) is -2.74. The minimum Gasteiger partial charge on any atom is -0.457 e. The highest BCUT2D eigenvalue weighted by molar-refractivity contribution is 7.92. The lowest BCUT2D eigenvalue weighted by Gasteiger charge is -2.16. The average molecular weight is 421 g/mol. The molecule has 0 bridgehead atoms. The second-order valence-electron chi connectivity index (χ2n) is 6.51. The highest BCUT2D eigenvalue weighted by atomic mass is 32.2. The van der Waals surface area contributed by atoms with Crippen LogP contribution in [0.25, 0.3) is 11.1 Å². The number of hydrogen-bond acceptors (Lipinski definition) is 3. The van der Waals surface area contributed by atoms with Crippen molar-refractivity contribution in [2.75, 3.05) is 10.5 Å². The second kappa shape index (κ2) is 7.07. The molecule has 150 valence electrons. The lowest BCUT2D eigenvalue weighted by molar-refractivity contribution is -0.679. The number of aromatic nitrogens is 1. The zero-order valence-corrected chi connectivity index (χ0v) is 15.8. The predicted molar refractivity (Wildman–Crippen MR) is 101 cm³/mol. The quantitative estimate of drug-likeness (QED) is 0.645. The van der Waals surface area contributed by atoms with Crippen LogP contribution in [0.15, 0.2) is 66.9 Å². The fourth-order valence-corrected chi connectivity index (χ4v) is 4.18. The summed E-state index contributed by atoms with van der Waals surface area (Å²) in [7, 11) is -3.40. The molecule has 1 N–H and O–H groups in total. The molecule has 0 spiro atoms. The standard InChI is InChI=1S/C20H15F3N2O3S/c21-20(22,23)17-5-1-2-6-18(17)28-15-9-7-14(8-10-15)16-4-3-11-25-12-13-29(26,27)24-19(16)25/h1-11H,12-13H2/p+1. The highest BCUT2D eigenvalue weighted by Crippen LogP contribution is 2.38. The first-order valence-corrected chi connectivity index (χ1v) is 10.4. The number of fused-ring (bicyclic) bond motifs is 1. The van der Waals surface area contributed by atoms with E-state index in [2.05, 4.69) is 4.72 Å². The smallest absolute Gasteiger partial charge is 0.419 e. The van der Waals surface area contributed by atoms with Gasteiger partial charge in [0.05, 0.1) is 17.3 Å². The number of nitrogens with zero attached hydrogens (tertiary/aromatic N) is 1. The molecule has 2 heterocycles. The van der Waals surface area contributed by atoms with Crippen molar-refractivity contribution >= 4 is 15.8 Å². The van der Waals surface area contributed by atoms with Gasteiger partial charge < -0.3 is 4.74 Å². The van der Waals surface area contributed by atoms with Crippen molar-refractivity contribution in [3.63, 3.8) is 0 Å². The Hall–Kier alpha value is -3.07. The number of anilines is 1. The van der Waals surface area contributed by atoms with Crippen molar-refractivity contribution in [1.29, 1.82) is 0 Å². The number of hydrogen-bond donors (Lipinski definition) is 1. The third-order valence-corrected chi connectivity index (χ3v) is 5.73. The van der Waals surface area contributed by atoms with Crippen LogP contribution in [0.4, 0.5) is 19.0 Å². The number of nitrogens with one attached hydrogen (secondary N) is 1. The third kappa shape index (κ3) is 4.04. The van der Waals surface area contributed by atoms with Crippen molar-refractivity contribution in [2.24, 2.45) is 0 Å². The van der Waals surface area contributed by atoms with Gasteiger partial charge in [-0.1, -0.05) is 24.3 Å². The average Bonchev–Trinajstić information content (AvgIpc) is 2.67. The molecule has 29 heavy (non-hydrogen) atoms. The molecule has 0 aliphatic carbocycles. The Morgan fingerprint density at radius 3 is 2.41 bits per heavy atom. The molecular formula is C20H16F3N2O3S+. The number of pyridine rings is 1. The Labute approximate surface area is 165 Å². The van der Waals surface area contributed by atoms with E-state index in [1.54, 1.807) is 41.1 Å². The lowest BCUT2D eigenvalue weighted by Crippen LogP contribution is -2.47. The van der Waals surface area contributed by atoms with Gasteiger partial charge in [0.1, 0.15) is 23.8 Å². The Morgan fingerprint density at radius 1 is 0.966 bits per heavy atom. The van der Waals surface area contributed by atoms with Crippen molar-refractivity contribution in [1.82, 2.24) is 0 Å². The fourth-order valence-electron chi connectivity index (χ4n) is 3.12. The Kier molecular flexibility index (Phi) is 4.70. The number of ether oxygens (including phenoxy) is 1. The van der Waals surface area contributed by atoms with E-state index in [0.29, 0.717) is 23.5 Å². The summed E-state index contributed by atoms with van der Waals surface area (Å²) in [5, 5.41) is 0. The maximum Gasteiger partial charge on any atom is 0.419 e. The van der Waals surface area contributed by atoms with Crippen LogP contribution < -0.4 is 14.0 Å². The minimum atomic E-state index is -4.52. The number of para-hydroxylation sites is 1. The van der Waals surface area contributed by atoms with Gasteiger partial charge in [-0.25, -0.2) is 4.57 Å². The SMILES string of the molecule is O=S1(=O)CC[n+]2cccc(-c3ccc(Oc4ccccc4C(F)(F)F)cc3)c2N1. The topological polar surface area (TPSA) is 59.3 Å². The van der Waals surface area contributed by atoms with E-state index in [1.165, 1.54) is 18.2 Å². The first kappa shape index (κ1) is 19.3. The normalized spacial score (nSPS) is 15.3. The molecule has 0 saturated carbocycles. The van der Waals surface area contributed by atoms with Gasteiger partial charge in [-0.05, 0) is 42.0 Å². The Bertz CT molecular complexity index is 1160. The van der Waals surface area contributed by atoms with Gasteiger partial charge in [0.25, 0.3) is 5.82 Å². The molecule has 0 radical (unpaired) electrons. The van der Waals surface area contributed by atoms with E-state index in [4.69, 9.17) is 4.74 Å². The van der Waals surface area contributed by atoms with Crippen LogP contribution in [0.1, 0.15) is 5.56 Å². The summed E-state index contributed by atoms with van der Waals surface area (Å²) in [6, 6.07) is 15.0. The lowest BCUT2D eigenvalue weighted by atomic mass is 10.1. The van der Waals surface area contributed by atoms with Crippen LogP contribution in [0, 0.1) is 0 Å². The van der Waals surface area contributed by atoms with Gasteiger partial charge in [-0.3, -0.25) is 0 Å². The van der Waals surface area contributed by atoms with Gasteiger partial charge in [0.2, 0.25) is 0 Å². The molecule has 0 fully saturated rings.